The molecule has 30 heavy (non-hydrogen) atoms. The lowest BCUT2D eigenvalue weighted by Crippen LogP contribution is -2.44. The molecule has 1 unspecified atom stereocenters. The summed E-state index contributed by atoms with van der Waals surface area (Å²) < 4.78 is 10.7. The van der Waals surface area contributed by atoms with Crippen LogP contribution in [0.3, 0.4) is 0 Å². The molecular weight excluding hydrogens is 380 g/mol. The maximum absolute atomic E-state index is 12.8. The first-order chi connectivity index (χ1) is 14.3. The summed E-state index contributed by atoms with van der Waals surface area (Å²) in [6, 6.07) is 6.30. The van der Waals surface area contributed by atoms with Crippen LogP contribution in [0.15, 0.2) is 18.2 Å². The number of rotatable bonds is 9. The Bertz CT molecular complexity index is 712. The number of aryl methyl sites for hydroxylation is 1. The van der Waals surface area contributed by atoms with Crippen LogP contribution in [0.2, 0.25) is 0 Å². The Balaban J connectivity index is 1.85. The molecule has 0 bridgehead atoms. The van der Waals surface area contributed by atoms with Gasteiger partial charge in [0, 0.05) is 31.0 Å². The molecule has 6 heteroatoms. The molecule has 6 nitrogen and oxygen atoms in total. The average Bonchev–Trinajstić information content (AvgIpc) is 2.74. The number of hydrogen-bond donors (Lipinski definition) is 1. The Kier molecular flexibility index (Phi) is 9.00. The summed E-state index contributed by atoms with van der Waals surface area (Å²) in [4.78, 5) is 26.8. The molecule has 1 fully saturated rings. The molecule has 1 aliphatic rings. The zero-order valence-corrected chi connectivity index (χ0v) is 19.3. The third kappa shape index (κ3) is 6.92. The van der Waals surface area contributed by atoms with E-state index in [4.69, 9.17) is 9.47 Å². The highest BCUT2D eigenvalue weighted by atomic mass is 16.5. The number of hydrogen-bond acceptors (Lipinski definition) is 4. The van der Waals surface area contributed by atoms with Gasteiger partial charge in [-0.15, -0.1) is 0 Å². The summed E-state index contributed by atoms with van der Waals surface area (Å²) in [6.07, 6.45) is 6.30. The van der Waals surface area contributed by atoms with Crippen LogP contribution < -0.4 is 14.8 Å². The van der Waals surface area contributed by atoms with E-state index in [1.54, 1.807) is 14.2 Å². The second-order valence-electron chi connectivity index (χ2n) is 9.07. The molecule has 1 N–H and O–H groups in total. The van der Waals surface area contributed by atoms with E-state index in [2.05, 4.69) is 16.3 Å². The number of amides is 2. The summed E-state index contributed by atoms with van der Waals surface area (Å²) in [7, 11) is 3.28. The zero-order valence-electron chi connectivity index (χ0n) is 19.3. The van der Waals surface area contributed by atoms with Crippen LogP contribution in [0.25, 0.3) is 0 Å². The maximum atomic E-state index is 12.8. The van der Waals surface area contributed by atoms with Gasteiger partial charge in [-0.05, 0) is 56.2 Å². The van der Waals surface area contributed by atoms with Crippen molar-refractivity contribution in [3.63, 3.8) is 0 Å². The van der Waals surface area contributed by atoms with Gasteiger partial charge in [0.2, 0.25) is 11.8 Å². The van der Waals surface area contributed by atoms with Crippen LogP contribution in [0.5, 0.6) is 11.5 Å². The molecule has 0 aromatic heterocycles. The third-order valence-corrected chi connectivity index (χ3v) is 5.70. The fourth-order valence-electron chi connectivity index (χ4n) is 3.85. The van der Waals surface area contributed by atoms with Crippen LogP contribution in [-0.4, -0.2) is 50.1 Å². The molecular formula is C24H38N2O4. The number of nitrogens with one attached hydrogen (secondary N) is 1. The summed E-state index contributed by atoms with van der Waals surface area (Å²) in [6.45, 7) is 7.06. The lowest BCUT2D eigenvalue weighted by molar-refractivity contribution is -0.135. The van der Waals surface area contributed by atoms with Crippen molar-refractivity contribution in [1.82, 2.24) is 10.2 Å². The molecule has 2 rings (SSSR count). The van der Waals surface area contributed by atoms with E-state index in [0.717, 1.165) is 43.7 Å². The molecule has 1 atom stereocenters. The van der Waals surface area contributed by atoms with E-state index >= 15 is 0 Å². The van der Waals surface area contributed by atoms with E-state index in [9.17, 15) is 9.59 Å². The Morgan fingerprint density at radius 1 is 1.13 bits per heavy atom. The Labute approximate surface area is 181 Å². The van der Waals surface area contributed by atoms with E-state index in [1.807, 2.05) is 32.9 Å². The van der Waals surface area contributed by atoms with Gasteiger partial charge in [0.25, 0.3) is 0 Å². The van der Waals surface area contributed by atoms with E-state index in [-0.39, 0.29) is 17.9 Å². The number of likely N-dealkylation sites (tertiary alicyclic amines) is 1. The second-order valence-corrected chi connectivity index (χ2v) is 9.07. The molecule has 1 saturated heterocycles. The quantitative estimate of drug-likeness (QED) is 0.617. The SMILES string of the molecule is COc1ccc(CCC2CCCCN2C(=O)CCCNC(=O)C(C)(C)C)cc1OC. The van der Waals surface area contributed by atoms with Crippen LogP contribution in [-0.2, 0) is 16.0 Å². The van der Waals surface area contributed by atoms with Gasteiger partial charge in [0.1, 0.15) is 0 Å². The first-order valence-corrected chi connectivity index (χ1v) is 11.0. The molecule has 1 heterocycles. The van der Waals surface area contributed by atoms with Crippen molar-refractivity contribution < 1.29 is 19.1 Å². The molecule has 1 aliphatic heterocycles. The molecule has 0 saturated carbocycles. The van der Waals surface area contributed by atoms with Crippen molar-refractivity contribution in [3.05, 3.63) is 23.8 Å². The molecule has 0 radical (unpaired) electrons. The highest BCUT2D eigenvalue weighted by Crippen LogP contribution is 2.29. The van der Waals surface area contributed by atoms with Crippen molar-refractivity contribution in [2.75, 3.05) is 27.3 Å². The first kappa shape index (κ1) is 24.0. The van der Waals surface area contributed by atoms with Gasteiger partial charge in [-0.3, -0.25) is 9.59 Å². The Morgan fingerprint density at radius 3 is 2.53 bits per heavy atom. The number of benzene rings is 1. The van der Waals surface area contributed by atoms with Gasteiger partial charge in [-0.1, -0.05) is 26.8 Å². The Morgan fingerprint density at radius 2 is 1.87 bits per heavy atom. The van der Waals surface area contributed by atoms with Gasteiger partial charge in [-0.2, -0.15) is 0 Å². The largest absolute Gasteiger partial charge is 0.493 e. The highest BCUT2D eigenvalue weighted by molar-refractivity contribution is 5.81. The van der Waals surface area contributed by atoms with E-state index in [0.29, 0.717) is 19.4 Å². The fraction of sp³-hybridized carbons (Fsp3) is 0.667. The number of ether oxygens (including phenoxy) is 2. The number of carbonyl (C=O) groups excluding carboxylic acids is 2. The van der Waals surface area contributed by atoms with Crippen molar-refractivity contribution in [3.8, 4) is 11.5 Å². The molecule has 0 aliphatic carbocycles. The second kappa shape index (κ2) is 11.2. The molecule has 1 aromatic rings. The summed E-state index contributed by atoms with van der Waals surface area (Å²) in [5, 5.41) is 2.93. The maximum Gasteiger partial charge on any atom is 0.225 e. The highest BCUT2D eigenvalue weighted by Gasteiger charge is 2.26. The Hall–Kier alpha value is -2.24. The molecule has 1 aromatic carbocycles. The van der Waals surface area contributed by atoms with Crippen LogP contribution in [0.4, 0.5) is 0 Å². The van der Waals surface area contributed by atoms with E-state index < -0.39 is 5.41 Å². The van der Waals surface area contributed by atoms with Gasteiger partial charge >= 0.3 is 0 Å². The van der Waals surface area contributed by atoms with Crippen molar-refractivity contribution in [1.29, 1.82) is 0 Å². The minimum Gasteiger partial charge on any atom is -0.493 e. The van der Waals surface area contributed by atoms with Gasteiger partial charge in [0.15, 0.2) is 11.5 Å². The van der Waals surface area contributed by atoms with Gasteiger partial charge < -0.3 is 19.7 Å². The lowest BCUT2D eigenvalue weighted by Gasteiger charge is -2.36. The standard InChI is InChI=1S/C24H38N2O4/c1-24(2,3)23(28)25-15-8-10-22(27)26-16-7-6-9-19(26)13-11-18-12-14-20(29-4)21(17-18)30-5/h12,14,17,19H,6-11,13,15-16H2,1-5H3,(H,25,28). The monoisotopic (exact) mass is 418 g/mol. The van der Waals surface area contributed by atoms with E-state index in [1.165, 1.54) is 12.0 Å². The normalized spacial score (nSPS) is 16.8. The number of nitrogens with zero attached hydrogens (tertiary/aromatic N) is 1. The minimum atomic E-state index is -0.397. The molecule has 168 valence electrons. The minimum absolute atomic E-state index is 0.0284. The number of piperidine rings is 1. The van der Waals surface area contributed by atoms with Gasteiger partial charge in [-0.25, -0.2) is 0 Å². The topological polar surface area (TPSA) is 67.9 Å². The average molecular weight is 419 g/mol. The molecule has 2 amide bonds. The summed E-state index contributed by atoms with van der Waals surface area (Å²) in [5.74, 6) is 1.70. The van der Waals surface area contributed by atoms with Crippen molar-refractivity contribution >= 4 is 11.8 Å². The third-order valence-electron chi connectivity index (χ3n) is 5.70. The predicted octanol–water partition coefficient (Wildman–Crippen LogP) is 3.96. The lowest BCUT2D eigenvalue weighted by atomic mass is 9.95. The smallest absolute Gasteiger partial charge is 0.225 e. The van der Waals surface area contributed by atoms with Crippen LogP contribution in [0, 0.1) is 5.41 Å². The predicted molar refractivity (Wildman–Crippen MR) is 119 cm³/mol. The number of methoxy groups -OCH3 is 2. The number of carbonyl (C=O) groups is 2. The fourth-order valence-corrected chi connectivity index (χ4v) is 3.85. The zero-order chi connectivity index (χ0) is 22.1. The molecule has 0 spiro atoms. The first-order valence-electron chi connectivity index (χ1n) is 11.0. The van der Waals surface area contributed by atoms with Gasteiger partial charge in [0.05, 0.1) is 14.2 Å². The van der Waals surface area contributed by atoms with Crippen LogP contribution in [0.1, 0.15) is 64.9 Å². The summed E-state index contributed by atoms with van der Waals surface area (Å²) in [5.41, 5.74) is 0.794. The van der Waals surface area contributed by atoms with Crippen molar-refractivity contribution in [2.45, 2.75) is 71.8 Å². The van der Waals surface area contributed by atoms with Crippen molar-refractivity contribution in [2.24, 2.45) is 5.41 Å². The summed E-state index contributed by atoms with van der Waals surface area (Å²) >= 11 is 0. The van der Waals surface area contributed by atoms with Crippen LogP contribution >= 0.6 is 0 Å².